The van der Waals surface area contributed by atoms with Crippen LogP contribution in [0.1, 0.15) is 49.3 Å². The Kier molecular flexibility index (Phi) is 6.55. The van der Waals surface area contributed by atoms with Gasteiger partial charge in [0.1, 0.15) is 5.75 Å². The first-order valence-corrected chi connectivity index (χ1v) is 9.03. The summed E-state index contributed by atoms with van der Waals surface area (Å²) in [5.74, 6) is 1.41. The van der Waals surface area contributed by atoms with E-state index in [1.54, 1.807) is 7.11 Å². The lowest BCUT2D eigenvalue weighted by molar-refractivity contribution is 0.411. The second-order valence-corrected chi connectivity index (χ2v) is 7.05. The van der Waals surface area contributed by atoms with Crippen molar-refractivity contribution in [2.45, 2.75) is 53.0 Å². The molecule has 1 aliphatic rings. The number of ether oxygens (including phenoxy) is 1. The molecule has 4 heteroatoms. The summed E-state index contributed by atoms with van der Waals surface area (Å²) in [4.78, 5) is 0.713. The number of benzene rings is 1. The van der Waals surface area contributed by atoms with Crippen molar-refractivity contribution in [3.8, 4) is 5.75 Å². The molecule has 0 aliphatic heterocycles. The smallest absolute Gasteiger partial charge is 0.122 e. The predicted molar refractivity (Wildman–Crippen MR) is 105 cm³/mol. The highest BCUT2D eigenvalue weighted by molar-refractivity contribution is 7.80. The van der Waals surface area contributed by atoms with Crippen LogP contribution in [0.5, 0.6) is 5.75 Å². The van der Waals surface area contributed by atoms with Crippen LogP contribution >= 0.6 is 12.2 Å². The second kappa shape index (κ2) is 8.43. The summed E-state index contributed by atoms with van der Waals surface area (Å²) >= 11 is 5.52. The summed E-state index contributed by atoms with van der Waals surface area (Å²) in [5, 5.41) is 11.4. The molecule has 0 unspecified atom stereocenters. The Hall–Kier alpha value is -1.68. The molecule has 0 atom stereocenters. The van der Waals surface area contributed by atoms with E-state index in [1.807, 2.05) is 19.1 Å². The first kappa shape index (κ1) is 18.7. The highest BCUT2D eigenvalue weighted by Crippen LogP contribution is 2.31. The summed E-state index contributed by atoms with van der Waals surface area (Å²) in [6.45, 7) is 6.73. The molecule has 1 aromatic carbocycles. The molecule has 2 N–H and O–H groups in total. The molecule has 1 aromatic rings. The highest BCUT2D eigenvalue weighted by atomic mass is 32.1. The Labute approximate surface area is 151 Å². The van der Waals surface area contributed by atoms with Crippen LogP contribution in [0.4, 0.5) is 0 Å². The third-order valence-electron chi connectivity index (χ3n) is 4.96. The number of aryl methyl sites for hydroxylation is 1. The van der Waals surface area contributed by atoms with Crippen molar-refractivity contribution in [3.63, 3.8) is 0 Å². The number of hydrogen-bond acceptors (Lipinski definition) is 3. The van der Waals surface area contributed by atoms with Crippen LogP contribution in [0.15, 0.2) is 23.8 Å². The van der Waals surface area contributed by atoms with E-state index in [-0.39, 0.29) is 0 Å². The van der Waals surface area contributed by atoms with Crippen LogP contribution < -0.4 is 10.1 Å². The van der Waals surface area contributed by atoms with Gasteiger partial charge in [-0.25, -0.2) is 0 Å². The van der Waals surface area contributed by atoms with Gasteiger partial charge in [0, 0.05) is 12.3 Å². The second-order valence-electron chi connectivity index (χ2n) is 6.61. The Balaban J connectivity index is 2.10. The largest absolute Gasteiger partial charge is 0.496 e. The summed E-state index contributed by atoms with van der Waals surface area (Å²) in [6.07, 6.45) is 6.88. The standard InChI is InChI=1S/C20H28N2OS/c1-13-9-10-19(23-4)14(2)18(13)12-22-20(24)11-17(15(3)21)16-7-5-6-8-16/h9-11,16,21H,5-8,12H2,1-4H3,(H,22,24)/b17-11+,21-15?. The van der Waals surface area contributed by atoms with E-state index in [0.717, 1.165) is 16.9 Å². The maximum atomic E-state index is 8.06. The molecule has 130 valence electrons. The van der Waals surface area contributed by atoms with Crippen LogP contribution in [0.3, 0.4) is 0 Å². The molecule has 3 nitrogen and oxygen atoms in total. The molecule has 24 heavy (non-hydrogen) atoms. The van der Waals surface area contributed by atoms with Gasteiger partial charge < -0.3 is 15.5 Å². The third-order valence-corrected chi connectivity index (χ3v) is 5.22. The monoisotopic (exact) mass is 344 g/mol. The van der Waals surface area contributed by atoms with Crippen molar-refractivity contribution < 1.29 is 4.74 Å². The minimum absolute atomic E-state index is 0.502. The van der Waals surface area contributed by atoms with Crippen LogP contribution in [0.25, 0.3) is 0 Å². The normalized spacial score (nSPS) is 15.4. The quantitative estimate of drug-likeness (QED) is 0.439. The first-order chi connectivity index (χ1) is 11.4. The van der Waals surface area contributed by atoms with E-state index in [4.69, 9.17) is 22.4 Å². The zero-order chi connectivity index (χ0) is 17.7. The topological polar surface area (TPSA) is 45.1 Å². The number of nitrogens with one attached hydrogen (secondary N) is 2. The van der Waals surface area contributed by atoms with Crippen molar-refractivity contribution >= 4 is 22.9 Å². The summed E-state index contributed by atoms with van der Waals surface area (Å²) < 4.78 is 5.41. The fourth-order valence-corrected chi connectivity index (χ4v) is 3.70. The number of thiocarbonyl (C=S) groups is 1. The van der Waals surface area contributed by atoms with Gasteiger partial charge in [-0.05, 0) is 73.9 Å². The molecule has 0 radical (unpaired) electrons. The van der Waals surface area contributed by atoms with Crippen molar-refractivity contribution in [1.29, 1.82) is 5.41 Å². The van der Waals surface area contributed by atoms with Gasteiger partial charge in [-0.2, -0.15) is 0 Å². The molecule has 0 amide bonds. The fourth-order valence-electron chi connectivity index (χ4n) is 3.50. The Bertz CT molecular complexity index is 658. The van der Waals surface area contributed by atoms with Gasteiger partial charge in [-0.15, -0.1) is 0 Å². The Morgan fingerprint density at radius 2 is 2.00 bits per heavy atom. The number of allylic oxidation sites excluding steroid dienone is 1. The molecule has 2 rings (SSSR count). The van der Waals surface area contributed by atoms with Crippen molar-refractivity contribution in [3.05, 3.63) is 40.5 Å². The lowest BCUT2D eigenvalue weighted by Crippen LogP contribution is -2.22. The molecule has 0 aromatic heterocycles. The minimum Gasteiger partial charge on any atom is -0.496 e. The van der Waals surface area contributed by atoms with Gasteiger partial charge in [0.25, 0.3) is 0 Å². The maximum Gasteiger partial charge on any atom is 0.122 e. The average molecular weight is 345 g/mol. The molecule has 1 saturated carbocycles. The van der Waals surface area contributed by atoms with Crippen molar-refractivity contribution in [2.75, 3.05) is 7.11 Å². The maximum absolute atomic E-state index is 8.06. The van der Waals surface area contributed by atoms with E-state index >= 15 is 0 Å². The van der Waals surface area contributed by atoms with E-state index < -0.39 is 0 Å². The summed E-state index contributed by atoms with van der Waals surface area (Å²) in [5.41, 5.74) is 5.34. The van der Waals surface area contributed by atoms with Crippen LogP contribution in [0, 0.1) is 25.2 Å². The number of methoxy groups -OCH3 is 1. The van der Waals surface area contributed by atoms with Gasteiger partial charge in [0.15, 0.2) is 0 Å². The summed E-state index contributed by atoms with van der Waals surface area (Å²) in [7, 11) is 1.70. The van der Waals surface area contributed by atoms with Crippen LogP contribution in [-0.2, 0) is 6.54 Å². The molecule has 1 aliphatic carbocycles. The number of hydrogen-bond donors (Lipinski definition) is 2. The molecular weight excluding hydrogens is 316 g/mol. The van der Waals surface area contributed by atoms with E-state index in [0.29, 0.717) is 23.2 Å². The van der Waals surface area contributed by atoms with Gasteiger partial charge >= 0.3 is 0 Å². The van der Waals surface area contributed by atoms with Gasteiger partial charge in [0.2, 0.25) is 0 Å². The minimum atomic E-state index is 0.502. The van der Waals surface area contributed by atoms with E-state index in [1.165, 1.54) is 36.8 Å². The summed E-state index contributed by atoms with van der Waals surface area (Å²) in [6, 6.07) is 4.08. The molecule has 0 saturated heterocycles. The molecule has 1 fully saturated rings. The molecule has 0 heterocycles. The zero-order valence-corrected chi connectivity index (χ0v) is 16.0. The van der Waals surface area contributed by atoms with Crippen molar-refractivity contribution in [2.24, 2.45) is 5.92 Å². The predicted octanol–water partition coefficient (Wildman–Crippen LogP) is 4.89. The molecule has 0 spiro atoms. The van der Waals surface area contributed by atoms with Crippen LogP contribution in [0.2, 0.25) is 0 Å². The lowest BCUT2D eigenvalue weighted by Gasteiger charge is -2.16. The first-order valence-electron chi connectivity index (χ1n) is 8.62. The lowest BCUT2D eigenvalue weighted by atomic mass is 9.93. The van der Waals surface area contributed by atoms with Gasteiger partial charge in [-0.1, -0.05) is 31.1 Å². The molecule has 0 bridgehead atoms. The zero-order valence-electron chi connectivity index (χ0n) is 15.2. The van der Waals surface area contributed by atoms with Crippen LogP contribution in [-0.4, -0.2) is 17.8 Å². The Morgan fingerprint density at radius 1 is 1.33 bits per heavy atom. The third kappa shape index (κ3) is 4.44. The SMILES string of the molecule is COc1ccc(C)c(CNC(=S)/C=C(\C(C)=N)C2CCCC2)c1C. The average Bonchev–Trinajstić information content (AvgIpc) is 3.06. The fraction of sp³-hybridized carbons (Fsp3) is 0.500. The van der Waals surface area contributed by atoms with E-state index in [2.05, 4.69) is 25.2 Å². The van der Waals surface area contributed by atoms with Gasteiger partial charge in [-0.3, -0.25) is 0 Å². The number of rotatable bonds is 6. The van der Waals surface area contributed by atoms with Crippen molar-refractivity contribution in [1.82, 2.24) is 5.32 Å². The molecular formula is C20H28N2OS. The van der Waals surface area contributed by atoms with Gasteiger partial charge in [0.05, 0.1) is 12.1 Å². The van der Waals surface area contributed by atoms with E-state index in [9.17, 15) is 0 Å². The Morgan fingerprint density at radius 3 is 2.58 bits per heavy atom. The highest BCUT2D eigenvalue weighted by Gasteiger charge is 2.21.